The van der Waals surface area contributed by atoms with Crippen molar-refractivity contribution in [1.29, 1.82) is 0 Å². The van der Waals surface area contributed by atoms with Gasteiger partial charge in [0.15, 0.2) is 0 Å². The molecule has 1 heterocycles. The van der Waals surface area contributed by atoms with Gasteiger partial charge < -0.3 is 20.0 Å². The SMILES string of the molecule is CCN(CC(=O)Nc1ccc(NC(C)=O)cc1)C(=O)c1oc(-c2ccccc2)nc1C. The highest BCUT2D eigenvalue weighted by Crippen LogP contribution is 2.22. The van der Waals surface area contributed by atoms with Crippen LogP contribution in [0.4, 0.5) is 11.4 Å². The number of nitrogens with zero attached hydrogens (tertiary/aromatic N) is 2. The van der Waals surface area contributed by atoms with Crippen LogP contribution in [0.15, 0.2) is 59.0 Å². The molecule has 3 rings (SSSR count). The van der Waals surface area contributed by atoms with Gasteiger partial charge in [0.2, 0.25) is 23.5 Å². The molecule has 3 amide bonds. The van der Waals surface area contributed by atoms with E-state index in [1.54, 1.807) is 38.1 Å². The summed E-state index contributed by atoms with van der Waals surface area (Å²) in [6.07, 6.45) is 0. The predicted molar refractivity (Wildman–Crippen MR) is 118 cm³/mol. The molecule has 0 radical (unpaired) electrons. The van der Waals surface area contributed by atoms with Gasteiger partial charge in [0.1, 0.15) is 6.54 Å². The lowest BCUT2D eigenvalue weighted by atomic mass is 10.2. The molecule has 0 aliphatic carbocycles. The topological polar surface area (TPSA) is 105 Å². The lowest BCUT2D eigenvalue weighted by Gasteiger charge is -2.19. The number of carbonyl (C=O) groups is 3. The summed E-state index contributed by atoms with van der Waals surface area (Å²) < 4.78 is 5.72. The van der Waals surface area contributed by atoms with Crippen LogP contribution in [0.25, 0.3) is 11.5 Å². The molecular formula is C23H24N4O4. The van der Waals surface area contributed by atoms with E-state index in [1.165, 1.54) is 11.8 Å². The summed E-state index contributed by atoms with van der Waals surface area (Å²) in [6.45, 7) is 5.11. The number of carbonyl (C=O) groups excluding carboxylic acids is 3. The summed E-state index contributed by atoms with van der Waals surface area (Å²) in [5.74, 6) is -0.435. The maximum absolute atomic E-state index is 12.9. The Hall–Kier alpha value is -3.94. The molecule has 0 saturated carbocycles. The molecular weight excluding hydrogens is 396 g/mol. The zero-order chi connectivity index (χ0) is 22.4. The third-order valence-corrected chi connectivity index (χ3v) is 4.50. The molecule has 1 aromatic heterocycles. The second-order valence-corrected chi connectivity index (χ2v) is 6.93. The van der Waals surface area contributed by atoms with E-state index in [-0.39, 0.29) is 24.1 Å². The van der Waals surface area contributed by atoms with Crippen molar-refractivity contribution in [1.82, 2.24) is 9.88 Å². The molecule has 2 aromatic carbocycles. The lowest BCUT2D eigenvalue weighted by Crippen LogP contribution is -2.38. The Bertz CT molecular complexity index is 1070. The Morgan fingerprint density at radius 1 is 0.968 bits per heavy atom. The number of hydrogen-bond donors (Lipinski definition) is 2. The minimum atomic E-state index is -0.397. The van der Waals surface area contributed by atoms with Gasteiger partial charge in [-0.2, -0.15) is 0 Å². The summed E-state index contributed by atoms with van der Waals surface area (Å²) in [4.78, 5) is 42.2. The Morgan fingerprint density at radius 2 is 1.58 bits per heavy atom. The molecule has 0 aliphatic heterocycles. The highest BCUT2D eigenvalue weighted by Gasteiger charge is 2.24. The van der Waals surface area contributed by atoms with Gasteiger partial charge in [-0.3, -0.25) is 14.4 Å². The van der Waals surface area contributed by atoms with Crippen LogP contribution < -0.4 is 10.6 Å². The van der Waals surface area contributed by atoms with Crippen LogP contribution in [0.1, 0.15) is 30.1 Å². The number of rotatable bonds is 7. The monoisotopic (exact) mass is 420 g/mol. The molecule has 2 N–H and O–H groups in total. The van der Waals surface area contributed by atoms with Crippen molar-refractivity contribution >= 4 is 29.1 Å². The fraction of sp³-hybridized carbons (Fsp3) is 0.217. The van der Waals surface area contributed by atoms with E-state index >= 15 is 0 Å². The van der Waals surface area contributed by atoms with Crippen molar-refractivity contribution < 1.29 is 18.8 Å². The van der Waals surface area contributed by atoms with Crippen LogP contribution in [0.5, 0.6) is 0 Å². The number of oxazole rings is 1. The number of hydrogen-bond acceptors (Lipinski definition) is 5. The number of aromatic nitrogens is 1. The Labute approximate surface area is 180 Å². The van der Waals surface area contributed by atoms with Crippen LogP contribution in [0, 0.1) is 6.92 Å². The number of benzene rings is 2. The van der Waals surface area contributed by atoms with Crippen LogP contribution >= 0.6 is 0 Å². The smallest absolute Gasteiger partial charge is 0.292 e. The second kappa shape index (κ2) is 9.71. The normalized spacial score (nSPS) is 10.4. The molecule has 0 fully saturated rings. The highest BCUT2D eigenvalue weighted by atomic mass is 16.4. The zero-order valence-electron chi connectivity index (χ0n) is 17.6. The molecule has 0 bridgehead atoms. The van der Waals surface area contributed by atoms with Crippen molar-refractivity contribution in [3.63, 3.8) is 0 Å². The van der Waals surface area contributed by atoms with Crippen molar-refractivity contribution in [2.24, 2.45) is 0 Å². The summed E-state index contributed by atoms with van der Waals surface area (Å²) in [5, 5.41) is 5.41. The maximum atomic E-state index is 12.9. The summed E-state index contributed by atoms with van der Waals surface area (Å²) in [6, 6.07) is 16.0. The maximum Gasteiger partial charge on any atom is 0.292 e. The average molecular weight is 420 g/mol. The van der Waals surface area contributed by atoms with E-state index in [2.05, 4.69) is 15.6 Å². The Balaban J connectivity index is 1.66. The van der Waals surface area contributed by atoms with E-state index in [0.717, 1.165) is 5.56 Å². The van der Waals surface area contributed by atoms with Gasteiger partial charge >= 0.3 is 0 Å². The number of aryl methyl sites for hydroxylation is 1. The highest BCUT2D eigenvalue weighted by molar-refractivity contribution is 5.99. The van der Waals surface area contributed by atoms with Crippen molar-refractivity contribution in [3.8, 4) is 11.5 Å². The van der Waals surface area contributed by atoms with Crippen LogP contribution in [0.2, 0.25) is 0 Å². The minimum Gasteiger partial charge on any atom is -0.431 e. The number of anilines is 2. The third kappa shape index (κ3) is 5.57. The molecule has 0 atom stereocenters. The summed E-state index contributed by atoms with van der Waals surface area (Å²) >= 11 is 0. The van der Waals surface area contributed by atoms with Crippen molar-refractivity contribution in [3.05, 3.63) is 66.1 Å². The van der Waals surface area contributed by atoms with Crippen LogP contribution in [-0.2, 0) is 9.59 Å². The summed E-state index contributed by atoms with van der Waals surface area (Å²) in [7, 11) is 0. The zero-order valence-corrected chi connectivity index (χ0v) is 17.6. The fourth-order valence-corrected chi connectivity index (χ4v) is 2.98. The fourth-order valence-electron chi connectivity index (χ4n) is 2.98. The Kier molecular flexibility index (Phi) is 6.81. The molecule has 8 heteroatoms. The van der Waals surface area contributed by atoms with Crippen molar-refractivity contribution in [2.45, 2.75) is 20.8 Å². The van der Waals surface area contributed by atoms with E-state index < -0.39 is 5.91 Å². The standard InChI is InChI=1S/C23H24N4O4/c1-4-27(14-20(29)26-19-12-10-18(11-13-19)25-16(3)28)23(30)21-15(2)24-22(31-21)17-8-6-5-7-9-17/h5-13H,4,14H2,1-3H3,(H,25,28)(H,26,29). The Morgan fingerprint density at radius 3 is 2.16 bits per heavy atom. The van der Waals surface area contributed by atoms with E-state index in [1.807, 2.05) is 30.3 Å². The largest absolute Gasteiger partial charge is 0.431 e. The van der Waals surface area contributed by atoms with Gasteiger partial charge in [0.25, 0.3) is 5.91 Å². The number of nitrogens with one attached hydrogen (secondary N) is 2. The molecule has 160 valence electrons. The number of likely N-dealkylation sites (N-methyl/N-ethyl adjacent to an activating group) is 1. The number of amides is 3. The molecule has 8 nitrogen and oxygen atoms in total. The van der Waals surface area contributed by atoms with Gasteiger partial charge in [0.05, 0.1) is 5.69 Å². The average Bonchev–Trinajstić information content (AvgIpc) is 3.15. The van der Waals surface area contributed by atoms with Crippen LogP contribution in [0.3, 0.4) is 0 Å². The van der Waals surface area contributed by atoms with Gasteiger partial charge in [-0.25, -0.2) is 4.98 Å². The van der Waals surface area contributed by atoms with E-state index in [0.29, 0.717) is 29.5 Å². The first-order valence-corrected chi connectivity index (χ1v) is 9.87. The molecule has 0 aliphatic rings. The first-order chi connectivity index (χ1) is 14.9. The minimum absolute atomic E-state index is 0.119. The predicted octanol–water partition coefficient (Wildman–Crippen LogP) is 3.71. The summed E-state index contributed by atoms with van der Waals surface area (Å²) in [5.41, 5.74) is 2.43. The molecule has 3 aromatic rings. The molecule has 0 unspecified atom stereocenters. The van der Waals surface area contributed by atoms with Gasteiger partial charge in [-0.1, -0.05) is 18.2 Å². The molecule has 31 heavy (non-hydrogen) atoms. The van der Waals surface area contributed by atoms with Gasteiger partial charge in [0, 0.05) is 30.4 Å². The quantitative estimate of drug-likeness (QED) is 0.606. The first-order valence-electron chi connectivity index (χ1n) is 9.87. The van der Waals surface area contributed by atoms with E-state index in [9.17, 15) is 14.4 Å². The first kappa shape index (κ1) is 21.8. The van der Waals surface area contributed by atoms with Gasteiger partial charge in [-0.05, 0) is 50.2 Å². The second-order valence-electron chi connectivity index (χ2n) is 6.93. The molecule has 0 saturated heterocycles. The van der Waals surface area contributed by atoms with Gasteiger partial charge in [-0.15, -0.1) is 0 Å². The van der Waals surface area contributed by atoms with Crippen LogP contribution in [-0.4, -0.2) is 40.7 Å². The third-order valence-electron chi connectivity index (χ3n) is 4.50. The van der Waals surface area contributed by atoms with E-state index in [4.69, 9.17) is 4.42 Å². The molecule has 0 spiro atoms. The van der Waals surface area contributed by atoms with Crippen molar-refractivity contribution in [2.75, 3.05) is 23.7 Å². The lowest BCUT2D eigenvalue weighted by molar-refractivity contribution is -0.117.